The molecule has 8 heteroatoms. The molecule has 0 bridgehead atoms. The van der Waals surface area contributed by atoms with Crippen molar-refractivity contribution in [1.29, 1.82) is 0 Å². The van der Waals surface area contributed by atoms with Crippen molar-refractivity contribution in [2.24, 2.45) is 14.1 Å². The van der Waals surface area contributed by atoms with E-state index in [2.05, 4.69) is 46.9 Å². The number of rotatable bonds is 4. The average Bonchev–Trinajstić information content (AvgIpc) is 3.19. The minimum atomic E-state index is -0.374. The SMILES string of the molecule is Cc1ccc(NCCn2c(C)c(C)n3c4c(=O)n(C)c(=O)n(C)c4nc23)cc1C. The third-order valence-electron chi connectivity index (χ3n) is 5.92. The molecule has 0 amide bonds. The molecule has 0 aliphatic heterocycles. The monoisotopic (exact) mass is 394 g/mol. The average molecular weight is 394 g/mol. The Labute approximate surface area is 168 Å². The van der Waals surface area contributed by atoms with E-state index in [1.165, 1.54) is 22.7 Å². The van der Waals surface area contributed by atoms with Gasteiger partial charge in [0.25, 0.3) is 5.56 Å². The first kappa shape index (κ1) is 19.0. The molecule has 0 atom stereocenters. The molecule has 0 unspecified atom stereocenters. The lowest BCUT2D eigenvalue weighted by Gasteiger charge is -2.10. The van der Waals surface area contributed by atoms with Crippen molar-refractivity contribution in [1.82, 2.24) is 23.1 Å². The van der Waals surface area contributed by atoms with Gasteiger partial charge in [-0.15, -0.1) is 0 Å². The highest BCUT2D eigenvalue weighted by Gasteiger charge is 2.21. The molecule has 152 valence electrons. The molecule has 3 aromatic heterocycles. The molecule has 0 aliphatic carbocycles. The van der Waals surface area contributed by atoms with Crippen LogP contribution in [0.5, 0.6) is 0 Å². The Balaban J connectivity index is 1.77. The fourth-order valence-corrected chi connectivity index (χ4v) is 3.82. The van der Waals surface area contributed by atoms with Crippen molar-refractivity contribution in [2.45, 2.75) is 34.2 Å². The van der Waals surface area contributed by atoms with Gasteiger partial charge in [0, 0.05) is 44.3 Å². The van der Waals surface area contributed by atoms with Gasteiger partial charge in [-0.05, 0) is 51.0 Å². The number of anilines is 1. The Bertz CT molecular complexity index is 1380. The van der Waals surface area contributed by atoms with Gasteiger partial charge in [-0.1, -0.05) is 6.07 Å². The maximum absolute atomic E-state index is 12.8. The zero-order valence-corrected chi connectivity index (χ0v) is 17.7. The van der Waals surface area contributed by atoms with Crippen LogP contribution in [0.15, 0.2) is 27.8 Å². The van der Waals surface area contributed by atoms with E-state index in [1.54, 1.807) is 7.05 Å². The van der Waals surface area contributed by atoms with Crippen LogP contribution in [0, 0.1) is 27.7 Å². The van der Waals surface area contributed by atoms with Gasteiger partial charge in [-0.2, -0.15) is 4.98 Å². The second-order valence-corrected chi connectivity index (χ2v) is 7.67. The van der Waals surface area contributed by atoms with E-state index in [4.69, 9.17) is 0 Å². The van der Waals surface area contributed by atoms with Crippen molar-refractivity contribution < 1.29 is 0 Å². The number of aromatic nitrogens is 5. The fourth-order valence-electron chi connectivity index (χ4n) is 3.82. The molecular formula is C21H26N6O2. The standard InChI is InChI=1S/C21H26N6O2/c1-12-7-8-16(11-13(12)2)22-9-10-26-14(3)15(4)27-17-18(23-20(26)27)24(5)21(29)25(6)19(17)28/h7-8,11,22H,9-10H2,1-6H3. The topological polar surface area (TPSA) is 78.3 Å². The van der Waals surface area contributed by atoms with Crippen molar-refractivity contribution in [3.05, 3.63) is 61.6 Å². The van der Waals surface area contributed by atoms with Crippen molar-refractivity contribution in [3.63, 3.8) is 0 Å². The summed E-state index contributed by atoms with van der Waals surface area (Å²) in [6, 6.07) is 6.33. The second kappa shape index (κ2) is 6.65. The Kier molecular flexibility index (Phi) is 4.37. The number of benzene rings is 1. The van der Waals surface area contributed by atoms with E-state index in [0.29, 0.717) is 30.0 Å². The number of nitrogens with zero attached hydrogens (tertiary/aromatic N) is 5. The van der Waals surface area contributed by atoms with Crippen LogP contribution in [-0.2, 0) is 20.6 Å². The first-order chi connectivity index (χ1) is 13.7. The fraction of sp³-hybridized carbons (Fsp3) is 0.381. The lowest BCUT2D eigenvalue weighted by Crippen LogP contribution is -2.37. The van der Waals surface area contributed by atoms with Crippen LogP contribution in [0.1, 0.15) is 22.5 Å². The zero-order chi connectivity index (χ0) is 21.0. The van der Waals surface area contributed by atoms with E-state index in [-0.39, 0.29) is 11.2 Å². The molecule has 0 saturated heterocycles. The zero-order valence-electron chi connectivity index (χ0n) is 17.7. The lowest BCUT2D eigenvalue weighted by molar-refractivity contribution is 0.705. The number of fused-ring (bicyclic) bond motifs is 3. The van der Waals surface area contributed by atoms with Crippen molar-refractivity contribution in [3.8, 4) is 0 Å². The first-order valence-electron chi connectivity index (χ1n) is 9.67. The Morgan fingerprint density at radius 3 is 2.38 bits per heavy atom. The van der Waals surface area contributed by atoms with Crippen LogP contribution in [-0.4, -0.2) is 29.6 Å². The number of hydrogen-bond acceptors (Lipinski definition) is 4. The number of imidazole rings is 2. The summed E-state index contributed by atoms with van der Waals surface area (Å²) >= 11 is 0. The number of hydrogen-bond donors (Lipinski definition) is 1. The van der Waals surface area contributed by atoms with Gasteiger partial charge in [0.15, 0.2) is 11.2 Å². The Hall–Kier alpha value is -3.29. The molecule has 4 rings (SSSR count). The van der Waals surface area contributed by atoms with Crippen LogP contribution in [0.3, 0.4) is 0 Å². The van der Waals surface area contributed by atoms with E-state index < -0.39 is 0 Å². The summed E-state index contributed by atoms with van der Waals surface area (Å²) in [7, 11) is 3.14. The summed E-state index contributed by atoms with van der Waals surface area (Å²) in [5, 5.41) is 3.46. The normalized spacial score (nSPS) is 11.7. The van der Waals surface area contributed by atoms with Crippen LogP contribution < -0.4 is 16.6 Å². The summed E-state index contributed by atoms with van der Waals surface area (Å²) in [5.74, 6) is 0.676. The van der Waals surface area contributed by atoms with Crippen molar-refractivity contribution in [2.75, 3.05) is 11.9 Å². The summed E-state index contributed by atoms with van der Waals surface area (Å²) in [4.78, 5) is 29.7. The van der Waals surface area contributed by atoms with Gasteiger partial charge in [0.2, 0.25) is 5.78 Å². The molecule has 29 heavy (non-hydrogen) atoms. The highest BCUT2D eigenvalue weighted by molar-refractivity contribution is 5.76. The van der Waals surface area contributed by atoms with Gasteiger partial charge in [-0.3, -0.25) is 18.3 Å². The Morgan fingerprint density at radius 1 is 0.966 bits per heavy atom. The van der Waals surface area contributed by atoms with Gasteiger partial charge in [0.1, 0.15) is 0 Å². The maximum atomic E-state index is 12.8. The summed E-state index contributed by atoms with van der Waals surface area (Å²) in [6.07, 6.45) is 0. The summed E-state index contributed by atoms with van der Waals surface area (Å²) in [5.41, 5.74) is 5.74. The predicted octanol–water partition coefficient (Wildman–Crippen LogP) is 2.03. The molecule has 0 radical (unpaired) electrons. The molecule has 0 aliphatic rings. The lowest BCUT2D eigenvalue weighted by atomic mass is 10.1. The molecule has 1 N–H and O–H groups in total. The van der Waals surface area contributed by atoms with Gasteiger partial charge >= 0.3 is 5.69 Å². The summed E-state index contributed by atoms with van der Waals surface area (Å²) < 4.78 is 6.51. The van der Waals surface area contributed by atoms with E-state index in [1.807, 2.05) is 18.2 Å². The third-order valence-corrected chi connectivity index (χ3v) is 5.92. The summed E-state index contributed by atoms with van der Waals surface area (Å²) in [6.45, 7) is 9.60. The Morgan fingerprint density at radius 2 is 1.69 bits per heavy atom. The second-order valence-electron chi connectivity index (χ2n) is 7.67. The van der Waals surface area contributed by atoms with Crippen LogP contribution in [0.4, 0.5) is 5.69 Å². The van der Waals surface area contributed by atoms with E-state index in [0.717, 1.165) is 21.6 Å². The molecule has 8 nitrogen and oxygen atoms in total. The van der Waals surface area contributed by atoms with E-state index >= 15 is 0 Å². The van der Waals surface area contributed by atoms with Gasteiger partial charge in [0.05, 0.1) is 0 Å². The maximum Gasteiger partial charge on any atom is 0.332 e. The molecule has 0 spiro atoms. The molecule has 1 aromatic carbocycles. The molecular weight excluding hydrogens is 368 g/mol. The molecule has 0 saturated carbocycles. The quantitative estimate of drug-likeness (QED) is 0.575. The molecule has 3 heterocycles. The number of nitrogens with one attached hydrogen (secondary N) is 1. The smallest absolute Gasteiger partial charge is 0.332 e. The predicted molar refractivity (Wildman–Crippen MR) is 115 cm³/mol. The van der Waals surface area contributed by atoms with Crippen molar-refractivity contribution >= 4 is 22.6 Å². The van der Waals surface area contributed by atoms with Gasteiger partial charge in [-0.25, -0.2) is 4.79 Å². The highest BCUT2D eigenvalue weighted by atomic mass is 16.2. The minimum absolute atomic E-state index is 0.330. The first-order valence-corrected chi connectivity index (χ1v) is 9.67. The van der Waals surface area contributed by atoms with Gasteiger partial charge < -0.3 is 9.88 Å². The van der Waals surface area contributed by atoms with Crippen LogP contribution in [0.2, 0.25) is 0 Å². The largest absolute Gasteiger partial charge is 0.383 e. The van der Waals surface area contributed by atoms with E-state index in [9.17, 15) is 9.59 Å². The third kappa shape index (κ3) is 2.78. The minimum Gasteiger partial charge on any atom is -0.383 e. The van der Waals surface area contributed by atoms with Crippen LogP contribution in [0.25, 0.3) is 16.9 Å². The number of aryl methyl sites for hydroxylation is 4. The molecule has 0 fully saturated rings. The van der Waals surface area contributed by atoms with Crippen LogP contribution >= 0.6 is 0 Å². The molecule has 4 aromatic rings. The highest BCUT2D eigenvalue weighted by Crippen LogP contribution is 2.21.